The third-order valence-electron chi connectivity index (χ3n) is 3.15. The van der Waals surface area contributed by atoms with Crippen LogP contribution in [0.2, 0.25) is 10.0 Å². The zero-order valence-corrected chi connectivity index (χ0v) is 13.0. The molecule has 5 heteroatoms. The maximum Gasteiger partial charge on any atom is 0.251 e. The molecule has 19 heavy (non-hydrogen) atoms. The Balaban J connectivity index is 2.73. The summed E-state index contributed by atoms with van der Waals surface area (Å²) in [6.45, 7) is 6.30. The molecule has 0 heterocycles. The second-order valence-corrected chi connectivity index (χ2v) is 5.77. The van der Waals surface area contributed by atoms with E-state index in [4.69, 9.17) is 28.9 Å². The number of hydrogen-bond donors (Lipinski definition) is 2. The number of amides is 1. The van der Waals surface area contributed by atoms with Gasteiger partial charge in [-0.2, -0.15) is 0 Å². The van der Waals surface area contributed by atoms with Crippen LogP contribution in [0, 0.1) is 5.92 Å². The molecule has 1 rings (SSSR count). The minimum atomic E-state index is -0.180. The monoisotopic (exact) mass is 302 g/mol. The van der Waals surface area contributed by atoms with Crippen molar-refractivity contribution in [1.29, 1.82) is 0 Å². The highest BCUT2D eigenvalue weighted by Gasteiger charge is 2.14. The summed E-state index contributed by atoms with van der Waals surface area (Å²) in [5.74, 6) is 0.398. The van der Waals surface area contributed by atoms with Gasteiger partial charge in [0.15, 0.2) is 0 Å². The minimum Gasteiger partial charge on any atom is -0.397 e. The lowest BCUT2D eigenvalue weighted by Gasteiger charge is -2.18. The van der Waals surface area contributed by atoms with Crippen LogP contribution in [0.3, 0.4) is 0 Å². The molecule has 0 saturated carbocycles. The average molecular weight is 303 g/mol. The molecule has 0 aromatic heterocycles. The molecule has 106 valence electrons. The van der Waals surface area contributed by atoms with Crippen LogP contribution in [0.4, 0.5) is 5.69 Å². The fourth-order valence-corrected chi connectivity index (χ4v) is 2.21. The van der Waals surface area contributed by atoms with E-state index in [0.717, 1.165) is 12.8 Å². The number of rotatable bonds is 5. The maximum absolute atomic E-state index is 12.1. The number of nitrogen functional groups attached to an aromatic ring is 1. The number of carbonyl (C=O) groups excluding carboxylic acids is 1. The molecule has 0 aliphatic carbocycles. The van der Waals surface area contributed by atoms with Gasteiger partial charge in [0.2, 0.25) is 0 Å². The van der Waals surface area contributed by atoms with E-state index in [0.29, 0.717) is 22.2 Å². The van der Waals surface area contributed by atoms with Crippen molar-refractivity contribution in [1.82, 2.24) is 5.32 Å². The van der Waals surface area contributed by atoms with Crippen LogP contribution >= 0.6 is 23.2 Å². The molecule has 0 aliphatic heterocycles. The third-order valence-corrected chi connectivity index (χ3v) is 3.97. The number of hydrogen-bond acceptors (Lipinski definition) is 2. The Morgan fingerprint density at radius 1 is 1.37 bits per heavy atom. The summed E-state index contributed by atoms with van der Waals surface area (Å²) in [4.78, 5) is 12.1. The predicted octanol–water partition coefficient (Wildman–Crippen LogP) is 4.13. The van der Waals surface area contributed by atoms with Crippen LogP contribution in [0.25, 0.3) is 0 Å². The highest BCUT2D eigenvalue weighted by Crippen LogP contribution is 2.29. The van der Waals surface area contributed by atoms with Gasteiger partial charge in [0.25, 0.3) is 5.91 Å². The van der Waals surface area contributed by atoms with Crippen LogP contribution in [-0.4, -0.2) is 11.9 Å². The molecule has 3 N–H and O–H groups in total. The molecular weight excluding hydrogens is 283 g/mol. The first-order valence-corrected chi connectivity index (χ1v) is 7.16. The number of halogens is 2. The van der Waals surface area contributed by atoms with Crippen molar-refractivity contribution in [2.24, 2.45) is 5.92 Å². The first-order chi connectivity index (χ1) is 8.85. The lowest BCUT2D eigenvalue weighted by atomic mass is 10.00. The summed E-state index contributed by atoms with van der Waals surface area (Å²) in [6.07, 6.45) is 2.04. The standard InChI is InChI=1S/C14H20Cl2N2O/c1-4-8(2)5-9(3)18-14(19)10-6-11(15)13(16)12(17)7-10/h6-9H,4-5,17H2,1-3H3,(H,18,19). The van der Waals surface area contributed by atoms with E-state index in [2.05, 4.69) is 19.2 Å². The molecule has 0 aliphatic rings. The van der Waals surface area contributed by atoms with E-state index in [1.807, 2.05) is 6.92 Å². The fourth-order valence-electron chi connectivity index (χ4n) is 1.88. The molecule has 2 atom stereocenters. The topological polar surface area (TPSA) is 55.1 Å². The van der Waals surface area contributed by atoms with Gasteiger partial charge in [0.1, 0.15) is 0 Å². The van der Waals surface area contributed by atoms with E-state index in [-0.39, 0.29) is 17.0 Å². The van der Waals surface area contributed by atoms with Gasteiger partial charge in [-0.15, -0.1) is 0 Å². The Morgan fingerprint density at radius 3 is 2.53 bits per heavy atom. The Bertz CT molecular complexity index is 440. The van der Waals surface area contributed by atoms with Gasteiger partial charge < -0.3 is 11.1 Å². The lowest BCUT2D eigenvalue weighted by molar-refractivity contribution is 0.0935. The zero-order valence-electron chi connectivity index (χ0n) is 11.5. The molecular formula is C14H20Cl2N2O. The number of carbonyl (C=O) groups is 1. The highest BCUT2D eigenvalue weighted by molar-refractivity contribution is 6.43. The Hall–Kier alpha value is -0.930. The van der Waals surface area contributed by atoms with Crippen LogP contribution in [0.1, 0.15) is 44.0 Å². The van der Waals surface area contributed by atoms with E-state index in [1.165, 1.54) is 6.07 Å². The molecule has 2 unspecified atom stereocenters. The molecule has 0 fully saturated rings. The van der Waals surface area contributed by atoms with Crippen molar-refractivity contribution in [3.8, 4) is 0 Å². The smallest absolute Gasteiger partial charge is 0.251 e. The summed E-state index contributed by atoms with van der Waals surface area (Å²) in [7, 11) is 0. The molecule has 0 spiro atoms. The number of nitrogens with two attached hydrogens (primary N) is 1. The van der Waals surface area contributed by atoms with Crippen molar-refractivity contribution < 1.29 is 4.79 Å². The van der Waals surface area contributed by atoms with Gasteiger partial charge in [0, 0.05) is 11.6 Å². The second-order valence-electron chi connectivity index (χ2n) is 4.98. The van der Waals surface area contributed by atoms with Crippen molar-refractivity contribution in [3.63, 3.8) is 0 Å². The molecule has 1 aromatic rings. The number of benzene rings is 1. The van der Waals surface area contributed by atoms with Crippen molar-refractivity contribution >= 4 is 34.8 Å². The van der Waals surface area contributed by atoms with Gasteiger partial charge in [-0.05, 0) is 31.4 Å². The van der Waals surface area contributed by atoms with Gasteiger partial charge in [-0.25, -0.2) is 0 Å². The predicted molar refractivity (Wildman–Crippen MR) is 81.9 cm³/mol. The van der Waals surface area contributed by atoms with Crippen LogP contribution in [0.5, 0.6) is 0 Å². The molecule has 0 radical (unpaired) electrons. The molecule has 3 nitrogen and oxygen atoms in total. The lowest BCUT2D eigenvalue weighted by Crippen LogP contribution is -2.33. The SMILES string of the molecule is CCC(C)CC(C)NC(=O)c1cc(N)c(Cl)c(Cl)c1. The summed E-state index contributed by atoms with van der Waals surface area (Å²) in [6, 6.07) is 3.18. The minimum absolute atomic E-state index is 0.109. The normalized spacial score (nSPS) is 13.9. The van der Waals surface area contributed by atoms with Crippen LogP contribution in [-0.2, 0) is 0 Å². The van der Waals surface area contributed by atoms with Gasteiger partial charge >= 0.3 is 0 Å². The highest BCUT2D eigenvalue weighted by atomic mass is 35.5. The Kier molecular flexibility index (Phi) is 5.95. The van der Waals surface area contributed by atoms with E-state index in [9.17, 15) is 4.79 Å². The van der Waals surface area contributed by atoms with Crippen molar-refractivity contribution in [2.45, 2.75) is 39.7 Å². The number of anilines is 1. The van der Waals surface area contributed by atoms with Gasteiger partial charge in [-0.3, -0.25) is 4.79 Å². The zero-order chi connectivity index (χ0) is 14.6. The Morgan fingerprint density at radius 2 is 2.00 bits per heavy atom. The molecule has 0 bridgehead atoms. The van der Waals surface area contributed by atoms with E-state index >= 15 is 0 Å². The van der Waals surface area contributed by atoms with Crippen LogP contribution < -0.4 is 11.1 Å². The van der Waals surface area contributed by atoms with Crippen molar-refractivity contribution in [2.75, 3.05) is 5.73 Å². The molecule has 1 aromatic carbocycles. The van der Waals surface area contributed by atoms with Gasteiger partial charge in [-0.1, -0.05) is 43.5 Å². The first-order valence-electron chi connectivity index (χ1n) is 6.40. The Labute approximate surface area is 124 Å². The van der Waals surface area contributed by atoms with Gasteiger partial charge in [0.05, 0.1) is 15.7 Å². The summed E-state index contributed by atoms with van der Waals surface area (Å²) in [5, 5.41) is 3.52. The van der Waals surface area contributed by atoms with E-state index in [1.54, 1.807) is 6.07 Å². The average Bonchev–Trinajstić information content (AvgIpc) is 2.34. The fraction of sp³-hybridized carbons (Fsp3) is 0.500. The summed E-state index contributed by atoms with van der Waals surface area (Å²) < 4.78 is 0. The first kappa shape index (κ1) is 16.1. The number of nitrogens with one attached hydrogen (secondary N) is 1. The molecule has 0 saturated heterocycles. The molecule has 1 amide bonds. The quantitative estimate of drug-likeness (QED) is 0.804. The van der Waals surface area contributed by atoms with Crippen LogP contribution in [0.15, 0.2) is 12.1 Å². The second kappa shape index (κ2) is 7.01. The summed E-state index contributed by atoms with van der Waals surface area (Å²) >= 11 is 11.8. The van der Waals surface area contributed by atoms with Crippen molar-refractivity contribution in [3.05, 3.63) is 27.7 Å². The third kappa shape index (κ3) is 4.59. The van der Waals surface area contributed by atoms with E-state index < -0.39 is 0 Å². The maximum atomic E-state index is 12.1. The largest absolute Gasteiger partial charge is 0.397 e. The summed E-state index contributed by atoms with van der Waals surface area (Å²) in [5.41, 5.74) is 6.44.